The Hall–Kier alpha value is -0.130. The molecule has 0 amide bonds. The monoisotopic (exact) mass is 259 g/mol. The van der Waals surface area contributed by atoms with E-state index < -0.39 is 0 Å². The number of piperidine rings is 1. The van der Waals surface area contributed by atoms with Crippen LogP contribution in [0.25, 0.3) is 0 Å². The summed E-state index contributed by atoms with van der Waals surface area (Å²) < 4.78 is 0. The van der Waals surface area contributed by atoms with Crippen LogP contribution < -0.4 is 11.2 Å². The van der Waals surface area contributed by atoms with Gasteiger partial charge < -0.3 is 5.73 Å². The van der Waals surface area contributed by atoms with Gasteiger partial charge in [0, 0.05) is 29.9 Å². The molecule has 1 aromatic rings. The molecule has 0 radical (unpaired) electrons. The molecule has 3 nitrogen and oxygen atoms in total. The average Bonchev–Trinajstić information content (AvgIpc) is 2.74. The predicted octanol–water partition coefficient (Wildman–Crippen LogP) is 2.39. The van der Waals surface area contributed by atoms with Crippen molar-refractivity contribution in [2.45, 2.75) is 25.3 Å². The number of nitrogens with one attached hydrogen (secondary N) is 1. The third-order valence-electron chi connectivity index (χ3n) is 2.86. The second kappa shape index (κ2) is 5.98. The Morgan fingerprint density at radius 3 is 2.75 bits per heavy atom. The van der Waals surface area contributed by atoms with E-state index in [1.54, 1.807) is 11.3 Å². The van der Waals surface area contributed by atoms with Gasteiger partial charge in [-0.25, -0.2) is 10.4 Å². The van der Waals surface area contributed by atoms with Crippen molar-refractivity contribution in [3.05, 3.63) is 21.3 Å². The first-order chi connectivity index (χ1) is 7.79. The maximum absolute atomic E-state index is 5.93. The van der Waals surface area contributed by atoms with Crippen LogP contribution >= 0.6 is 22.9 Å². The zero-order valence-electron chi connectivity index (χ0n) is 9.29. The van der Waals surface area contributed by atoms with E-state index in [4.69, 9.17) is 17.3 Å². The third-order valence-corrected chi connectivity index (χ3v) is 4.26. The summed E-state index contributed by atoms with van der Waals surface area (Å²) in [5.41, 5.74) is 9.30. The summed E-state index contributed by atoms with van der Waals surface area (Å²) in [6.07, 6.45) is 3.89. The number of nitrogens with zero attached hydrogens (tertiary/aromatic N) is 1. The first-order valence-corrected chi connectivity index (χ1v) is 7.00. The van der Waals surface area contributed by atoms with Crippen LogP contribution in [-0.2, 0) is 0 Å². The lowest BCUT2D eigenvalue weighted by Crippen LogP contribution is -2.45. The summed E-state index contributed by atoms with van der Waals surface area (Å²) in [6, 6.07) is 2.20. The number of rotatable bonds is 4. The highest BCUT2D eigenvalue weighted by molar-refractivity contribution is 7.10. The number of thiophene rings is 1. The highest BCUT2D eigenvalue weighted by Crippen LogP contribution is 2.25. The summed E-state index contributed by atoms with van der Waals surface area (Å²) in [4.78, 5) is 1.22. The normalized spacial score (nSPS) is 19.9. The minimum atomic E-state index is 0.204. The van der Waals surface area contributed by atoms with Crippen molar-refractivity contribution >= 4 is 22.9 Å². The van der Waals surface area contributed by atoms with Crippen molar-refractivity contribution in [1.29, 1.82) is 0 Å². The van der Waals surface area contributed by atoms with Crippen LogP contribution in [0.1, 0.15) is 30.2 Å². The first kappa shape index (κ1) is 12.3. The smallest absolute Gasteiger partial charge is 0.0680 e. The van der Waals surface area contributed by atoms with Gasteiger partial charge in [0.05, 0.1) is 11.1 Å². The van der Waals surface area contributed by atoms with Crippen LogP contribution in [0.3, 0.4) is 0 Å². The van der Waals surface area contributed by atoms with Gasteiger partial charge in [-0.3, -0.25) is 0 Å². The molecule has 1 atom stereocenters. The average molecular weight is 260 g/mol. The van der Waals surface area contributed by atoms with Crippen molar-refractivity contribution in [1.82, 2.24) is 10.4 Å². The van der Waals surface area contributed by atoms with Crippen molar-refractivity contribution in [3.63, 3.8) is 0 Å². The summed E-state index contributed by atoms with van der Waals surface area (Å²) in [5.74, 6) is 0. The molecule has 0 aromatic carbocycles. The summed E-state index contributed by atoms with van der Waals surface area (Å²) in [6.45, 7) is 2.85. The standard InChI is InChI=1S/C11H18ClN3S/c12-9-6-11(16-8-9)10(7-13)14-15-4-2-1-3-5-15/h6,8,10,14H,1-5,7,13H2. The molecule has 90 valence electrons. The van der Waals surface area contributed by atoms with Crippen LogP contribution in [0.2, 0.25) is 5.02 Å². The Morgan fingerprint density at radius 1 is 1.44 bits per heavy atom. The molecular weight excluding hydrogens is 242 g/mol. The van der Waals surface area contributed by atoms with E-state index in [2.05, 4.69) is 10.4 Å². The van der Waals surface area contributed by atoms with E-state index in [1.807, 2.05) is 11.4 Å². The zero-order valence-corrected chi connectivity index (χ0v) is 10.9. The molecule has 1 aromatic heterocycles. The fraction of sp³-hybridized carbons (Fsp3) is 0.636. The molecule has 16 heavy (non-hydrogen) atoms. The molecule has 2 heterocycles. The van der Waals surface area contributed by atoms with E-state index in [1.165, 1.54) is 24.1 Å². The number of hydrogen-bond acceptors (Lipinski definition) is 4. The Bertz CT molecular complexity index is 323. The number of hydrazine groups is 1. The summed E-state index contributed by atoms with van der Waals surface area (Å²) in [7, 11) is 0. The SMILES string of the molecule is NCC(NN1CCCCC1)c1cc(Cl)cs1. The lowest BCUT2D eigenvalue weighted by Gasteiger charge is -2.30. The molecule has 2 rings (SSSR count). The molecule has 5 heteroatoms. The second-order valence-corrected chi connectivity index (χ2v) is 5.51. The van der Waals surface area contributed by atoms with Gasteiger partial charge in [-0.2, -0.15) is 0 Å². The molecule has 0 saturated carbocycles. The number of hydrogen-bond donors (Lipinski definition) is 2. The molecular formula is C11H18ClN3S. The number of nitrogens with two attached hydrogens (primary N) is 1. The van der Waals surface area contributed by atoms with E-state index in [0.29, 0.717) is 6.54 Å². The molecule has 3 N–H and O–H groups in total. The van der Waals surface area contributed by atoms with Gasteiger partial charge >= 0.3 is 0 Å². The van der Waals surface area contributed by atoms with E-state index in [0.717, 1.165) is 18.1 Å². The maximum Gasteiger partial charge on any atom is 0.0680 e. The second-order valence-electron chi connectivity index (χ2n) is 4.13. The van der Waals surface area contributed by atoms with Gasteiger partial charge in [0.15, 0.2) is 0 Å². The molecule has 1 saturated heterocycles. The van der Waals surface area contributed by atoms with Gasteiger partial charge in [0.2, 0.25) is 0 Å². The zero-order chi connectivity index (χ0) is 11.4. The van der Waals surface area contributed by atoms with Crippen molar-refractivity contribution < 1.29 is 0 Å². The maximum atomic E-state index is 5.93. The lowest BCUT2D eigenvalue weighted by molar-refractivity contribution is 0.131. The molecule has 1 fully saturated rings. The molecule has 0 bridgehead atoms. The molecule has 1 unspecified atom stereocenters. The fourth-order valence-electron chi connectivity index (χ4n) is 1.99. The molecule has 1 aliphatic rings. The van der Waals surface area contributed by atoms with Gasteiger partial charge in [-0.05, 0) is 18.9 Å². The van der Waals surface area contributed by atoms with Gasteiger partial charge in [-0.1, -0.05) is 18.0 Å². The Kier molecular flexibility index (Phi) is 4.61. The Morgan fingerprint density at radius 2 is 2.19 bits per heavy atom. The Balaban J connectivity index is 1.94. The van der Waals surface area contributed by atoms with Crippen LogP contribution in [0.15, 0.2) is 11.4 Å². The third kappa shape index (κ3) is 3.18. The fourth-order valence-corrected chi connectivity index (χ4v) is 3.13. The predicted molar refractivity (Wildman–Crippen MR) is 69.7 cm³/mol. The number of halogens is 1. The van der Waals surface area contributed by atoms with Crippen molar-refractivity contribution in [2.24, 2.45) is 5.73 Å². The topological polar surface area (TPSA) is 41.3 Å². The molecule has 0 spiro atoms. The van der Waals surface area contributed by atoms with Gasteiger partial charge in [0.25, 0.3) is 0 Å². The van der Waals surface area contributed by atoms with Gasteiger partial charge in [-0.15, -0.1) is 11.3 Å². The van der Waals surface area contributed by atoms with Crippen LogP contribution in [0.5, 0.6) is 0 Å². The van der Waals surface area contributed by atoms with Crippen LogP contribution in [-0.4, -0.2) is 24.6 Å². The lowest BCUT2D eigenvalue weighted by atomic mass is 10.1. The van der Waals surface area contributed by atoms with Crippen molar-refractivity contribution in [3.8, 4) is 0 Å². The van der Waals surface area contributed by atoms with E-state index in [9.17, 15) is 0 Å². The highest BCUT2D eigenvalue weighted by Gasteiger charge is 2.17. The molecule has 0 aliphatic carbocycles. The van der Waals surface area contributed by atoms with Crippen molar-refractivity contribution in [2.75, 3.05) is 19.6 Å². The van der Waals surface area contributed by atoms with Gasteiger partial charge in [0.1, 0.15) is 0 Å². The summed E-state index contributed by atoms with van der Waals surface area (Å²) >= 11 is 7.60. The summed E-state index contributed by atoms with van der Waals surface area (Å²) in [5, 5.41) is 5.05. The minimum Gasteiger partial charge on any atom is -0.329 e. The van der Waals surface area contributed by atoms with Crippen LogP contribution in [0, 0.1) is 0 Å². The largest absolute Gasteiger partial charge is 0.329 e. The quantitative estimate of drug-likeness (QED) is 0.873. The Labute approximate surface area is 106 Å². The van der Waals surface area contributed by atoms with Crippen LogP contribution in [0.4, 0.5) is 0 Å². The first-order valence-electron chi connectivity index (χ1n) is 5.74. The minimum absolute atomic E-state index is 0.204. The molecule has 1 aliphatic heterocycles. The van der Waals surface area contributed by atoms with E-state index in [-0.39, 0.29) is 6.04 Å². The highest BCUT2D eigenvalue weighted by atomic mass is 35.5. The van der Waals surface area contributed by atoms with E-state index >= 15 is 0 Å².